The van der Waals surface area contributed by atoms with E-state index in [4.69, 9.17) is 46.0 Å². The van der Waals surface area contributed by atoms with E-state index in [2.05, 4.69) is 0 Å². The van der Waals surface area contributed by atoms with Crippen molar-refractivity contribution in [3.8, 4) is 0 Å². The lowest BCUT2D eigenvalue weighted by molar-refractivity contribution is -0.501. The Morgan fingerprint density at radius 2 is 1.13 bits per heavy atom. The second-order valence-electron chi connectivity index (χ2n) is 3.27. The number of hydrogen-bond acceptors (Lipinski definition) is 9. The smallest absolute Gasteiger partial charge is 0.288 e. The van der Waals surface area contributed by atoms with Crippen LogP contribution in [-0.2, 0) is 0 Å². The quantitative estimate of drug-likeness (QED) is 0.183. The van der Waals surface area contributed by atoms with Crippen molar-refractivity contribution < 1.29 is 46.0 Å². The fraction of sp³-hybridized carbons (Fsp3) is 0.667. The highest BCUT2D eigenvalue weighted by molar-refractivity contribution is 5.25. The molecule has 0 aromatic heterocycles. The predicted octanol–water partition coefficient (Wildman–Crippen LogP) is -4.83. The van der Waals surface area contributed by atoms with Gasteiger partial charge < -0.3 is 46.0 Å². The van der Waals surface area contributed by atoms with Crippen LogP contribution in [0.4, 0.5) is 0 Å². The van der Waals surface area contributed by atoms with E-state index < -0.39 is 28.9 Å². The fourth-order valence-corrected chi connectivity index (χ4v) is 1.07. The van der Waals surface area contributed by atoms with Gasteiger partial charge in [-0.3, -0.25) is 0 Å². The van der Waals surface area contributed by atoms with Gasteiger partial charge in [-0.1, -0.05) is 0 Å². The molecule has 1 rings (SSSR count). The van der Waals surface area contributed by atoms with Gasteiger partial charge in [0.15, 0.2) is 5.76 Å². The van der Waals surface area contributed by atoms with Gasteiger partial charge in [0.1, 0.15) is 0 Å². The Bertz CT molecular complexity index is 313. The fourth-order valence-electron chi connectivity index (χ4n) is 1.07. The lowest BCUT2D eigenvalue weighted by Gasteiger charge is -2.49. The van der Waals surface area contributed by atoms with Gasteiger partial charge in [-0.25, -0.2) is 0 Å². The molecule has 1 aliphatic rings. The van der Waals surface area contributed by atoms with E-state index in [0.29, 0.717) is 0 Å². The maximum Gasteiger partial charge on any atom is 0.288 e. The molecule has 9 nitrogen and oxygen atoms in total. The molecule has 0 spiro atoms. The van der Waals surface area contributed by atoms with Crippen LogP contribution in [-0.4, -0.2) is 69.1 Å². The van der Waals surface area contributed by atoms with E-state index in [-0.39, 0.29) is 6.08 Å². The van der Waals surface area contributed by atoms with Gasteiger partial charge in [-0.2, -0.15) is 0 Å². The molecule has 0 amide bonds. The molecular formula is C6H10O9. The largest absolute Gasteiger partial charge is 0.507 e. The average Bonchev–Trinajstić information content (AvgIpc) is 2.00. The number of rotatable bonds is 0. The highest BCUT2D eigenvalue weighted by Crippen LogP contribution is 2.42. The van der Waals surface area contributed by atoms with Crippen molar-refractivity contribution in [1.82, 2.24) is 0 Å². The molecule has 0 bridgehead atoms. The summed E-state index contributed by atoms with van der Waals surface area (Å²) < 4.78 is 0. The second kappa shape index (κ2) is 2.66. The second-order valence-corrected chi connectivity index (χ2v) is 3.27. The average molecular weight is 226 g/mol. The summed E-state index contributed by atoms with van der Waals surface area (Å²) in [4.78, 5) is 0. The standard InChI is InChI=1S/C6H10O9/c7-2-1-3(8,9)5(12,13)6(14,15)4(2,10)11/h1,7-15H. The van der Waals surface area contributed by atoms with Crippen molar-refractivity contribution in [3.63, 3.8) is 0 Å². The third-order valence-electron chi connectivity index (χ3n) is 2.18. The topological polar surface area (TPSA) is 182 Å². The Morgan fingerprint density at radius 3 is 1.53 bits per heavy atom. The van der Waals surface area contributed by atoms with Crippen LogP contribution in [0.15, 0.2) is 11.8 Å². The first kappa shape index (κ1) is 12.3. The van der Waals surface area contributed by atoms with Crippen LogP contribution in [0.25, 0.3) is 0 Å². The Kier molecular flexibility index (Phi) is 2.18. The zero-order valence-corrected chi connectivity index (χ0v) is 7.10. The van der Waals surface area contributed by atoms with Crippen molar-refractivity contribution in [2.45, 2.75) is 23.1 Å². The highest BCUT2D eigenvalue weighted by atomic mass is 16.7. The highest BCUT2D eigenvalue weighted by Gasteiger charge is 2.74. The minimum Gasteiger partial charge on any atom is -0.507 e. The van der Waals surface area contributed by atoms with Crippen LogP contribution in [0.1, 0.15) is 0 Å². The minimum absolute atomic E-state index is 0.169. The van der Waals surface area contributed by atoms with Crippen LogP contribution in [0, 0.1) is 0 Å². The Balaban J connectivity index is 3.49. The maximum atomic E-state index is 8.97. The van der Waals surface area contributed by atoms with E-state index in [9.17, 15) is 0 Å². The molecule has 0 saturated heterocycles. The molecular weight excluding hydrogens is 216 g/mol. The Morgan fingerprint density at radius 1 is 0.733 bits per heavy atom. The van der Waals surface area contributed by atoms with Gasteiger partial charge in [0.05, 0.1) is 0 Å². The molecule has 0 aromatic carbocycles. The molecule has 88 valence electrons. The normalized spacial score (nSPS) is 30.8. The van der Waals surface area contributed by atoms with E-state index in [0.717, 1.165) is 0 Å². The Hall–Kier alpha value is -0.780. The summed E-state index contributed by atoms with van der Waals surface area (Å²) in [5, 5.41) is 80.4. The number of aliphatic hydroxyl groups is 9. The summed E-state index contributed by atoms with van der Waals surface area (Å²) in [5.41, 5.74) is 0. The van der Waals surface area contributed by atoms with Gasteiger partial charge in [-0.05, 0) is 0 Å². The summed E-state index contributed by atoms with van der Waals surface area (Å²) in [7, 11) is 0. The molecule has 0 fully saturated rings. The third kappa shape index (κ3) is 1.20. The van der Waals surface area contributed by atoms with E-state index in [1.165, 1.54) is 0 Å². The van der Waals surface area contributed by atoms with Crippen LogP contribution in [0.3, 0.4) is 0 Å². The van der Waals surface area contributed by atoms with Crippen molar-refractivity contribution in [1.29, 1.82) is 0 Å². The van der Waals surface area contributed by atoms with Crippen molar-refractivity contribution in [2.24, 2.45) is 0 Å². The molecule has 9 heteroatoms. The monoisotopic (exact) mass is 226 g/mol. The van der Waals surface area contributed by atoms with Crippen LogP contribution in [0.2, 0.25) is 0 Å². The van der Waals surface area contributed by atoms with Crippen LogP contribution >= 0.6 is 0 Å². The van der Waals surface area contributed by atoms with Gasteiger partial charge >= 0.3 is 0 Å². The van der Waals surface area contributed by atoms with Crippen molar-refractivity contribution in [3.05, 3.63) is 11.8 Å². The maximum absolute atomic E-state index is 8.97. The lowest BCUT2D eigenvalue weighted by atomic mass is 9.82. The third-order valence-corrected chi connectivity index (χ3v) is 2.18. The lowest BCUT2D eigenvalue weighted by Crippen LogP contribution is -2.78. The molecule has 0 heterocycles. The molecule has 0 aliphatic heterocycles. The van der Waals surface area contributed by atoms with Gasteiger partial charge in [0, 0.05) is 6.08 Å². The zero-order chi connectivity index (χ0) is 12.3. The molecule has 15 heavy (non-hydrogen) atoms. The first-order valence-corrected chi connectivity index (χ1v) is 3.59. The summed E-state index contributed by atoms with van der Waals surface area (Å²) in [6.07, 6.45) is -0.169. The molecule has 9 N–H and O–H groups in total. The predicted molar refractivity (Wildman–Crippen MR) is 39.4 cm³/mol. The molecule has 0 radical (unpaired) electrons. The van der Waals surface area contributed by atoms with E-state index in [1.807, 2.05) is 0 Å². The van der Waals surface area contributed by atoms with Crippen LogP contribution < -0.4 is 0 Å². The van der Waals surface area contributed by atoms with Crippen molar-refractivity contribution >= 4 is 0 Å². The Labute approximate surface area is 82.0 Å². The van der Waals surface area contributed by atoms with Crippen molar-refractivity contribution in [2.75, 3.05) is 0 Å². The van der Waals surface area contributed by atoms with Gasteiger partial charge in [0.25, 0.3) is 17.4 Å². The van der Waals surface area contributed by atoms with E-state index >= 15 is 0 Å². The zero-order valence-electron chi connectivity index (χ0n) is 7.10. The first-order chi connectivity index (χ1) is 6.38. The summed E-state index contributed by atoms with van der Waals surface area (Å²) in [6, 6.07) is 0. The van der Waals surface area contributed by atoms with E-state index in [1.54, 1.807) is 0 Å². The summed E-state index contributed by atoms with van der Waals surface area (Å²) in [5.74, 6) is -17.6. The SMILES string of the molecule is OC1=CC(O)(O)C(O)(O)C(O)(O)C1(O)O. The molecule has 1 aliphatic carbocycles. The van der Waals surface area contributed by atoms with Gasteiger partial charge in [-0.15, -0.1) is 0 Å². The molecule has 0 atom stereocenters. The summed E-state index contributed by atoms with van der Waals surface area (Å²) in [6.45, 7) is 0. The number of aliphatic hydroxyl groups excluding tert-OH is 1. The molecule has 0 aromatic rings. The first-order valence-electron chi connectivity index (χ1n) is 3.59. The molecule has 0 saturated carbocycles. The number of hydrogen-bond donors (Lipinski definition) is 9. The van der Waals surface area contributed by atoms with Gasteiger partial charge in [0.2, 0.25) is 5.79 Å². The summed E-state index contributed by atoms with van der Waals surface area (Å²) >= 11 is 0. The molecule has 0 unspecified atom stereocenters. The minimum atomic E-state index is -4.22. The van der Waals surface area contributed by atoms with Crippen LogP contribution in [0.5, 0.6) is 0 Å².